The zero-order chi connectivity index (χ0) is 17.7. The first-order valence-electron chi connectivity index (χ1n) is 6.61. The summed E-state index contributed by atoms with van der Waals surface area (Å²) >= 11 is 0. The first kappa shape index (κ1) is 16.9. The Morgan fingerprint density at radius 3 is 2.33 bits per heavy atom. The third kappa shape index (κ3) is 3.64. The summed E-state index contributed by atoms with van der Waals surface area (Å²) in [5.41, 5.74) is -0.383. The Bertz CT molecular complexity index is 819. The van der Waals surface area contributed by atoms with E-state index in [1.165, 1.54) is 26.4 Å². The number of azo groups is 1. The Kier molecular flexibility index (Phi) is 5.05. The Labute approximate surface area is 136 Å². The Morgan fingerprint density at radius 2 is 1.75 bits per heavy atom. The van der Waals surface area contributed by atoms with E-state index in [-0.39, 0.29) is 11.3 Å². The fourth-order valence-electron chi connectivity index (χ4n) is 1.86. The van der Waals surface area contributed by atoms with Crippen LogP contribution < -0.4 is 9.47 Å². The number of nitro groups is 1. The molecular formula is C15H13N3O6. The van der Waals surface area contributed by atoms with Crippen LogP contribution >= 0.6 is 0 Å². The highest BCUT2D eigenvalue weighted by atomic mass is 16.6. The summed E-state index contributed by atoms with van der Waals surface area (Å²) in [5, 5.41) is 27.8. The maximum absolute atomic E-state index is 11.1. The lowest BCUT2D eigenvalue weighted by Crippen LogP contribution is -1.98. The van der Waals surface area contributed by atoms with Crippen LogP contribution in [-0.4, -0.2) is 30.2 Å². The Hall–Kier alpha value is -3.49. The summed E-state index contributed by atoms with van der Waals surface area (Å²) in [6.45, 7) is 0. The van der Waals surface area contributed by atoms with E-state index in [4.69, 9.17) is 14.6 Å². The van der Waals surface area contributed by atoms with Gasteiger partial charge in [0.2, 0.25) is 0 Å². The fraction of sp³-hybridized carbons (Fsp3) is 0.133. The van der Waals surface area contributed by atoms with Crippen molar-refractivity contribution >= 4 is 23.0 Å². The minimum absolute atomic E-state index is 0.0668. The molecule has 0 spiro atoms. The third-order valence-corrected chi connectivity index (χ3v) is 3.07. The predicted octanol–water partition coefficient (Wildman–Crippen LogP) is 3.73. The summed E-state index contributed by atoms with van der Waals surface area (Å²) < 4.78 is 10.2. The van der Waals surface area contributed by atoms with Gasteiger partial charge in [0.05, 0.1) is 24.7 Å². The SMILES string of the molecule is COc1ccc(N=Nc2ccc(C(=O)O)cc2[N+](=O)[O-])c(OC)c1. The van der Waals surface area contributed by atoms with Crippen LogP contribution in [0.25, 0.3) is 0 Å². The standard InChI is InChI=1S/C15H13N3O6/c1-23-10-4-6-12(14(8-10)24-2)17-16-11-5-3-9(15(19)20)7-13(11)18(21)22/h3-8H,1-2H3,(H,19,20). The molecule has 0 fully saturated rings. The molecule has 0 aliphatic carbocycles. The highest BCUT2D eigenvalue weighted by Gasteiger charge is 2.17. The van der Waals surface area contributed by atoms with E-state index in [1.807, 2.05) is 0 Å². The number of methoxy groups -OCH3 is 2. The van der Waals surface area contributed by atoms with Gasteiger partial charge >= 0.3 is 5.97 Å². The van der Waals surface area contributed by atoms with Gasteiger partial charge in [-0.1, -0.05) is 0 Å². The average Bonchev–Trinajstić information content (AvgIpc) is 2.59. The van der Waals surface area contributed by atoms with Gasteiger partial charge in [-0.05, 0) is 24.3 Å². The molecule has 0 bridgehead atoms. The van der Waals surface area contributed by atoms with Gasteiger partial charge in [-0.2, -0.15) is 0 Å². The highest BCUT2D eigenvalue weighted by molar-refractivity contribution is 5.89. The smallest absolute Gasteiger partial charge is 0.335 e. The third-order valence-electron chi connectivity index (χ3n) is 3.07. The molecule has 0 saturated carbocycles. The molecule has 0 radical (unpaired) electrons. The quantitative estimate of drug-likeness (QED) is 0.488. The lowest BCUT2D eigenvalue weighted by molar-refractivity contribution is -0.384. The largest absolute Gasteiger partial charge is 0.497 e. The molecule has 0 atom stereocenters. The van der Waals surface area contributed by atoms with Crippen LogP contribution in [0.2, 0.25) is 0 Å². The topological polar surface area (TPSA) is 124 Å². The molecule has 0 heterocycles. The van der Waals surface area contributed by atoms with Crippen LogP contribution in [-0.2, 0) is 0 Å². The van der Waals surface area contributed by atoms with Crippen LogP contribution in [0.15, 0.2) is 46.6 Å². The highest BCUT2D eigenvalue weighted by Crippen LogP contribution is 2.35. The summed E-state index contributed by atoms with van der Waals surface area (Å²) in [7, 11) is 2.95. The minimum atomic E-state index is -1.27. The van der Waals surface area contributed by atoms with E-state index < -0.39 is 16.6 Å². The second-order valence-corrected chi connectivity index (χ2v) is 4.50. The molecule has 124 valence electrons. The number of carboxylic acids is 1. The molecule has 9 heteroatoms. The average molecular weight is 331 g/mol. The van der Waals surface area contributed by atoms with Crippen molar-refractivity contribution < 1.29 is 24.3 Å². The van der Waals surface area contributed by atoms with Crippen molar-refractivity contribution in [2.24, 2.45) is 10.2 Å². The zero-order valence-electron chi connectivity index (χ0n) is 12.8. The molecule has 2 aromatic carbocycles. The molecule has 0 saturated heterocycles. The normalized spacial score (nSPS) is 10.6. The van der Waals surface area contributed by atoms with Crippen molar-refractivity contribution in [3.05, 3.63) is 52.1 Å². The molecule has 2 aromatic rings. The molecule has 1 N–H and O–H groups in total. The lowest BCUT2D eigenvalue weighted by atomic mass is 10.2. The van der Waals surface area contributed by atoms with E-state index >= 15 is 0 Å². The van der Waals surface area contributed by atoms with E-state index in [2.05, 4.69) is 10.2 Å². The first-order chi connectivity index (χ1) is 11.5. The van der Waals surface area contributed by atoms with Gasteiger partial charge in [-0.15, -0.1) is 10.2 Å². The molecule has 0 unspecified atom stereocenters. The number of carbonyl (C=O) groups is 1. The van der Waals surface area contributed by atoms with Crippen molar-refractivity contribution in [3.8, 4) is 11.5 Å². The van der Waals surface area contributed by atoms with Gasteiger partial charge in [0.15, 0.2) is 5.69 Å². The van der Waals surface area contributed by atoms with Crippen LogP contribution in [0.3, 0.4) is 0 Å². The van der Waals surface area contributed by atoms with Crippen molar-refractivity contribution in [3.63, 3.8) is 0 Å². The zero-order valence-corrected chi connectivity index (χ0v) is 12.8. The molecular weight excluding hydrogens is 318 g/mol. The van der Waals surface area contributed by atoms with Crippen LogP contribution in [0, 0.1) is 10.1 Å². The monoisotopic (exact) mass is 331 g/mol. The number of ether oxygens (including phenoxy) is 2. The van der Waals surface area contributed by atoms with Crippen molar-refractivity contribution in [2.75, 3.05) is 14.2 Å². The molecule has 0 aliphatic heterocycles. The minimum Gasteiger partial charge on any atom is -0.497 e. The Morgan fingerprint density at radius 1 is 1.08 bits per heavy atom. The first-order valence-corrected chi connectivity index (χ1v) is 6.61. The van der Waals surface area contributed by atoms with E-state index in [0.29, 0.717) is 17.2 Å². The maximum atomic E-state index is 11.1. The summed E-state index contributed by atoms with van der Waals surface area (Å²) in [6, 6.07) is 8.19. The summed E-state index contributed by atoms with van der Waals surface area (Å²) in [4.78, 5) is 21.3. The van der Waals surface area contributed by atoms with Crippen molar-refractivity contribution in [1.82, 2.24) is 0 Å². The molecule has 0 aliphatic rings. The summed E-state index contributed by atoms with van der Waals surface area (Å²) in [5.74, 6) is -0.330. The van der Waals surface area contributed by atoms with Crippen LogP contribution in [0.1, 0.15) is 10.4 Å². The van der Waals surface area contributed by atoms with Gasteiger partial charge < -0.3 is 14.6 Å². The number of aromatic carboxylic acids is 1. The van der Waals surface area contributed by atoms with E-state index in [0.717, 1.165) is 6.07 Å². The molecule has 2 rings (SSSR count). The van der Waals surface area contributed by atoms with Gasteiger partial charge in [-0.25, -0.2) is 4.79 Å². The Balaban J connectivity index is 2.42. The predicted molar refractivity (Wildman–Crippen MR) is 83.8 cm³/mol. The molecule has 9 nitrogen and oxygen atoms in total. The van der Waals surface area contributed by atoms with Gasteiger partial charge in [-0.3, -0.25) is 10.1 Å². The van der Waals surface area contributed by atoms with E-state index in [1.54, 1.807) is 18.2 Å². The van der Waals surface area contributed by atoms with E-state index in [9.17, 15) is 14.9 Å². The van der Waals surface area contributed by atoms with Gasteiger partial charge in [0.25, 0.3) is 5.69 Å². The number of hydrogen-bond acceptors (Lipinski definition) is 7. The molecule has 0 amide bonds. The number of nitro benzene ring substituents is 1. The number of benzene rings is 2. The number of hydrogen-bond donors (Lipinski definition) is 1. The van der Waals surface area contributed by atoms with Crippen LogP contribution in [0.5, 0.6) is 11.5 Å². The second-order valence-electron chi connectivity index (χ2n) is 4.50. The van der Waals surface area contributed by atoms with Crippen LogP contribution in [0.4, 0.5) is 17.1 Å². The van der Waals surface area contributed by atoms with Gasteiger partial charge in [0.1, 0.15) is 17.2 Å². The fourth-order valence-corrected chi connectivity index (χ4v) is 1.86. The van der Waals surface area contributed by atoms with Crippen molar-refractivity contribution in [2.45, 2.75) is 0 Å². The van der Waals surface area contributed by atoms with Crippen molar-refractivity contribution in [1.29, 1.82) is 0 Å². The van der Waals surface area contributed by atoms with Gasteiger partial charge in [0, 0.05) is 12.1 Å². The molecule has 24 heavy (non-hydrogen) atoms. The molecule has 0 aromatic heterocycles. The second kappa shape index (κ2) is 7.18. The number of nitrogens with zero attached hydrogens (tertiary/aromatic N) is 3. The lowest BCUT2D eigenvalue weighted by Gasteiger charge is -2.06. The number of carboxylic acid groups (broad SMARTS) is 1. The summed E-state index contributed by atoms with van der Waals surface area (Å²) in [6.07, 6.45) is 0. The number of rotatable bonds is 6. The maximum Gasteiger partial charge on any atom is 0.335 e.